The second-order valence-electron chi connectivity index (χ2n) is 6.70. The number of carbonyl (C=O) groups excluding carboxylic acids is 3. The summed E-state index contributed by atoms with van der Waals surface area (Å²) in [5, 5.41) is 2.55. The number of benzene rings is 1. The molecule has 1 N–H and O–H groups in total. The summed E-state index contributed by atoms with van der Waals surface area (Å²) in [4.78, 5) is 36.8. The molecule has 28 heavy (non-hydrogen) atoms. The molecule has 2 aromatic rings. The fraction of sp³-hybridized carbons (Fsp3) is 0.381. The molecule has 1 aromatic carbocycles. The Kier molecular flexibility index (Phi) is 6.98. The zero-order valence-corrected chi connectivity index (χ0v) is 16.8. The zero-order valence-electron chi connectivity index (χ0n) is 16.8. The maximum Gasteiger partial charge on any atom is 0.344 e. The van der Waals surface area contributed by atoms with Gasteiger partial charge >= 0.3 is 5.97 Å². The first-order valence-corrected chi connectivity index (χ1v) is 9.10. The Hall–Kier alpha value is -3.09. The molecule has 7 heteroatoms. The number of furan rings is 1. The molecule has 7 nitrogen and oxygen atoms in total. The van der Waals surface area contributed by atoms with Gasteiger partial charge in [0.15, 0.2) is 5.78 Å². The standard InChI is InChI=1S/C21H25NO6/c1-6-26-21(25)18-17(13(4)23)14(5)28-20(18)22-19(24)15-7-9-16(10-8-15)27-11-12(2)3/h7-10,12H,6,11H2,1-5H3,(H,22,24). The van der Waals surface area contributed by atoms with E-state index in [0.29, 0.717) is 23.8 Å². The second kappa shape index (κ2) is 9.21. The van der Waals surface area contributed by atoms with Crippen LogP contribution in [-0.4, -0.2) is 30.9 Å². The number of nitrogens with one attached hydrogen (secondary N) is 1. The van der Waals surface area contributed by atoms with E-state index in [4.69, 9.17) is 13.9 Å². The maximum absolute atomic E-state index is 12.6. The number of esters is 1. The summed E-state index contributed by atoms with van der Waals surface area (Å²) in [6, 6.07) is 6.60. The number of rotatable bonds is 8. The number of ketones is 1. The third kappa shape index (κ3) is 5.00. The Morgan fingerprint density at radius 1 is 1.11 bits per heavy atom. The molecular weight excluding hydrogens is 362 g/mol. The molecule has 0 spiro atoms. The van der Waals surface area contributed by atoms with Crippen molar-refractivity contribution in [2.24, 2.45) is 5.92 Å². The predicted molar refractivity (Wildman–Crippen MR) is 104 cm³/mol. The van der Waals surface area contributed by atoms with Gasteiger partial charge in [-0.15, -0.1) is 0 Å². The van der Waals surface area contributed by atoms with E-state index in [-0.39, 0.29) is 35.2 Å². The van der Waals surface area contributed by atoms with Gasteiger partial charge in [-0.25, -0.2) is 4.79 Å². The molecule has 1 amide bonds. The van der Waals surface area contributed by atoms with Crippen LogP contribution in [0.1, 0.15) is 64.5 Å². The smallest absolute Gasteiger partial charge is 0.344 e. The molecule has 150 valence electrons. The normalized spacial score (nSPS) is 10.6. The molecule has 0 aliphatic rings. The number of ether oxygens (including phenoxy) is 2. The van der Waals surface area contributed by atoms with Crippen LogP contribution in [0.3, 0.4) is 0 Å². The topological polar surface area (TPSA) is 94.8 Å². The van der Waals surface area contributed by atoms with Crippen molar-refractivity contribution in [1.29, 1.82) is 0 Å². The summed E-state index contributed by atoms with van der Waals surface area (Å²) in [5.74, 6) is -0.375. The number of hydrogen-bond acceptors (Lipinski definition) is 6. The van der Waals surface area contributed by atoms with Crippen molar-refractivity contribution in [1.82, 2.24) is 0 Å². The Labute approximate surface area is 164 Å². The molecule has 0 unspecified atom stereocenters. The third-order valence-electron chi connectivity index (χ3n) is 3.84. The molecule has 0 bridgehead atoms. The Balaban J connectivity index is 2.25. The average molecular weight is 387 g/mol. The largest absolute Gasteiger partial charge is 0.493 e. The summed E-state index contributed by atoms with van der Waals surface area (Å²) in [6.07, 6.45) is 0. The molecule has 0 saturated carbocycles. The first kappa shape index (κ1) is 21.2. The third-order valence-corrected chi connectivity index (χ3v) is 3.84. The summed E-state index contributed by atoms with van der Waals surface area (Å²) < 4.78 is 16.1. The van der Waals surface area contributed by atoms with E-state index < -0.39 is 11.9 Å². The van der Waals surface area contributed by atoms with E-state index in [1.54, 1.807) is 38.1 Å². The Morgan fingerprint density at radius 3 is 2.29 bits per heavy atom. The first-order chi connectivity index (χ1) is 13.2. The molecule has 0 aliphatic heterocycles. The molecule has 0 atom stereocenters. The van der Waals surface area contributed by atoms with Crippen LogP contribution in [-0.2, 0) is 4.74 Å². The van der Waals surface area contributed by atoms with Crippen LogP contribution >= 0.6 is 0 Å². The van der Waals surface area contributed by atoms with Gasteiger partial charge in [0.25, 0.3) is 5.91 Å². The van der Waals surface area contributed by atoms with Crippen LogP contribution in [0.5, 0.6) is 5.75 Å². The monoisotopic (exact) mass is 387 g/mol. The second-order valence-corrected chi connectivity index (χ2v) is 6.70. The van der Waals surface area contributed by atoms with Crippen molar-refractivity contribution in [3.63, 3.8) is 0 Å². The van der Waals surface area contributed by atoms with Crippen molar-refractivity contribution < 1.29 is 28.3 Å². The number of amides is 1. The van der Waals surface area contributed by atoms with Crippen molar-refractivity contribution in [3.8, 4) is 5.75 Å². The van der Waals surface area contributed by atoms with Gasteiger partial charge in [-0.1, -0.05) is 13.8 Å². The summed E-state index contributed by atoms with van der Waals surface area (Å²) >= 11 is 0. The zero-order chi connectivity index (χ0) is 20.8. The van der Waals surface area contributed by atoms with Crippen LogP contribution in [0.15, 0.2) is 28.7 Å². The van der Waals surface area contributed by atoms with Crippen molar-refractivity contribution in [3.05, 3.63) is 46.7 Å². The van der Waals surface area contributed by atoms with Gasteiger partial charge in [0.05, 0.1) is 18.8 Å². The van der Waals surface area contributed by atoms with E-state index >= 15 is 0 Å². The molecule has 2 rings (SSSR count). The molecule has 1 aromatic heterocycles. The highest BCUT2D eigenvalue weighted by Crippen LogP contribution is 2.29. The lowest BCUT2D eigenvalue weighted by molar-refractivity contribution is 0.0524. The summed E-state index contributed by atoms with van der Waals surface area (Å²) in [7, 11) is 0. The minimum atomic E-state index is -0.725. The van der Waals surface area contributed by atoms with Crippen LogP contribution in [0.25, 0.3) is 0 Å². The van der Waals surface area contributed by atoms with Gasteiger partial charge in [-0.05, 0) is 51.0 Å². The molecule has 1 heterocycles. The number of carbonyl (C=O) groups is 3. The van der Waals surface area contributed by atoms with E-state index in [2.05, 4.69) is 5.32 Å². The van der Waals surface area contributed by atoms with E-state index in [1.165, 1.54) is 6.92 Å². The highest BCUT2D eigenvalue weighted by Gasteiger charge is 2.28. The summed E-state index contributed by atoms with van der Waals surface area (Å²) in [5.41, 5.74) is 0.383. The summed E-state index contributed by atoms with van der Waals surface area (Å²) in [6.45, 7) is 9.32. The quantitative estimate of drug-likeness (QED) is 0.537. The van der Waals surface area contributed by atoms with Gasteiger partial charge in [0, 0.05) is 5.56 Å². The minimum Gasteiger partial charge on any atom is -0.493 e. The molecule has 0 radical (unpaired) electrons. The predicted octanol–water partition coefficient (Wildman–Crippen LogP) is 4.25. The van der Waals surface area contributed by atoms with Crippen molar-refractivity contribution >= 4 is 23.5 Å². The SMILES string of the molecule is CCOC(=O)c1c(NC(=O)c2ccc(OCC(C)C)cc2)oc(C)c1C(C)=O. The fourth-order valence-electron chi connectivity index (χ4n) is 2.60. The number of aryl methyl sites for hydroxylation is 1. The number of hydrogen-bond donors (Lipinski definition) is 1. The van der Waals surface area contributed by atoms with Crippen LogP contribution in [0, 0.1) is 12.8 Å². The molecular formula is C21H25NO6. The van der Waals surface area contributed by atoms with Crippen molar-refractivity contribution in [2.75, 3.05) is 18.5 Å². The number of Topliss-reactive ketones (excluding diaryl/α,β-unsaturated/α-hetero) is 1. The van der Waals surface area contributed by atoms with Crippen LogP contribution in [0.4, 0.5) is 5.88 Å². The Bertz CT molecular complexity index is 864. The maximum atomic E-state index is 12.6. The van der Waals surface area contributed by atoms with Crippen LogP contribution < -0.4 is 10.1 Å². The van der Waals surface area contributed by atoms with E-state index in [1.807, 2.05) is 13.8 Å². The lowest BCUT2D eigenvalue weighted by atomic mass is 10.1. The van der Waals surface area contributed by atoms with Gasteiger partial charge in [-0.2, -0.15) is 0 Å². The number of anilines is 1. The Morgan fingerprint density at radius 2 is 1.75 bits per heavy atom. The minimum absolute atomic E-state index is 0.0721. The van der Waals surface area contributed by atoms with Crippen LogP contribution in [0.2, 0.25) is 0 Å². The lowest BCUT2D eigenvalue weighted by Crippen LogP contribution is -2.16. The lowest BCUT2D eigenvalue weighted by Gasteiger charge is -2.09. The van der Waals surface area contributed by atoms with Gasteiger partial charge in [-0.3, -0.25) is 14.9 Å². The van der Waals surface area contributed by atoms with Gasteiger partial charge in [0.1, 0.15) is 17.1 Å². The molecule has 0 fully saturated rings. The fourth-order valence-corrected chi connectivity index (χ4v) is 2.60. The average Bonchev–Trinajstić information content (AvgIpc) is 2.96. The van der Waals surface area contributed by atoms with E-state index in [0.717, 1.165) is 0 Å². The highest BCUT2D eigenvalue weighted by atomic mass is 16.5. The van der Waals surface area contributed by atoms with E-state index in [9.17, 15) is 14.4 Å². The van der Waals surface area contributed by atoms with Gasteiger partial charge < -0.3 is 13.9 Å². The molecule has 0 aliphatic carbocycles. The molecule has 0 saturated heterocycles. The first-order valence-electron chi connectivity index (χ1n) is 9.10. The van der Waals surface area contributed by atoms with Gasteiger partial charge in [0.2, 0.25) is 5.88 Å². The highest BCUT2D eigenvalue weighted by molar-refractivity contribution is 6.12. The van der Waals surface area contributed by atoms with Crippen molar-refractivity contribution in [2.45, 2.75) is 34.6 Å².